The number of alkyl carbamates (subject to hydrolysis) is 1. The van der Waals surface area contributed by atoms with Crippen LogP contribution in [0.5, 0.6) is 0 Å². The van der Waals surface area contributed by atoms with Crippen molar-refractivity contribution in [1.29, 1.82) is 0 Å². The first kappa shape index (κ1) is 20.1. The number of fused-ring (bicyclic) bond motifs is 1. The molecular weight excluding hydrogens is 350 g/mol. The molecule has 1 atom stereocenters. The number of hydrogen-bond acceptors (Lipinski definition) is 4. The second kappa shape index (κ2) is 8.94. The van der Waals surface area contributed by atoms with Crippen LogP contribution in [0.3, 0.4) is 0 Å². The number of ether oxygens (including phenoxy) is 1. The van der Waals surface area contributed by atoms with Crippen LogP contribution in [0.1, 0.15) is 33.6 Å². The van der Waals surface area contributed by atoms with Crippen molar-refractivity contribution >= 4 is 34.6 Å². The van der Waals surface area contributed by atoms with Crippen molar-refractivity contribution in [3.8, 4) is 0 Å². The monoisotopic (exact) mass is 375 g/mol. The number of carboxylic acids is 1. The second-order valence-electron chi connectivity index (χ2n) is 7.10. The van der Waals surface area contributed by atoms with E-state index in [-0.39, 0.29) is 12.5 Å². The Hall–Kier alpha value is -2.21. The Balaban J connectivity index is 1.99. The zero-order chi connectivity index (χ0) is 19.2. The average molecular weight is 375 g/mol. The summed E-state index contributed by atoms with van der Waals surface area (Å²) in [4.78, 5) is 24.0. The molecule has 2 aromatic rings. The summed E-state index contributed by atoms with van der Waals surface area (Å²) in [5, 5.41) is 14.1. The first-order chi connectivity index (χ1) is 12.2. The highest BCUT2D eigenvalue weighted by Gasteiger charge is 2.20. The highest BCUT2D eigenvalue weighted by molar-refractivity contribution is 7.99. The zero-order valence-corrected chi connectivity index (χ0v) is 16.1. The fourth-order valence-corrected chi connectivity index (χ4v) is 3.44. The third-order valence-corrected chi connectivity index (χ3v) is 4.76. The summed E-state index contributed by atoms with van der Waals surface area (Å²) in [5.41, 5.74) is -0.590. The number of carbonyl (C=O) groups excluding carboxylic acids is 1. The van der Waals surface area contributed by atoms with Gasteiger partial charge in [0.2, 0.25) is 0 Å². The molecule has 0 aliphatic rings. The molecule has 140 valence electrons. The Kier molecular flexibility index (Phi) is 6.91. The van der Waals surface area contributed by atoms with Gasteiger partial charge in [-0.1, -0.05) is 30.3 Å². The van der Waals surface area contributed by atoms with Gasteiger partial charge in [-0.25, -0.2) is 4.79 Å². The topological polar surface area (TPSA) is 75.6 Å². The molecule has 6 heteroatoms. The number of rotatable bonds is 7. The first-order valence-electron chi connectivity index (χ1n) is 8.56. The van der Waals surface area contributed by atoms with Crippen LogP contribution in [0.25, 0.3) is 10.8 Å². The van der Waals surface area contributed by atoms with Gasteiger partial charge in [0.25, 0.3) is 0 Å². The zero-order valence-electron chi connectivity index (χ0n) is 15.3. The van der Waals surface area contributed by atoms with Crippen LogP contribution in [0.4, 0.5) is 4.79 Å². The van der Waals surface area contributed by atoms with E-state index >= 15 is 0 Å². The summed E-state index contributed by atoms with van der Waals surface area (Å²) in [6.07, 6.45) is -0.166. The maximum Gasteiger partial charge on any atom is 0.407 e. The van der Waals surface area contributed by atoms with E-state index in [1.165, 1.54) is 5.39 Å². The molecule has 0 saturated heterocycles. The molecule has 0 aliphatic heterocycles. The molecule has 0 bridgehead atoms. The lowest BCUT2D eigenvalue weighted by Crippen LogP contribution is -2.40. The first-order valence-corrected chi connectivity index (χ1v) is 9.54. The Bertz CT molecular complexity index is 770. The van der Waals surface area contributed by atoms with E-state index in [4.69, 9.17) is 9.84 Å². The smallest absolute Gasteiger partial charge is 0.407 e. The molecule has 26 heavy (non-hydrogen) atoms. The minimum atomic E-state index is -0.878. The van der Waals surface area contributed by atoms with Gasteiger partial charge in [0.05, 0.1) is 0 Å². The van der Waals surface area contributed by atoms with Crippen LogP contribution in [-0.2, 0) is 9.53 Å². The molecule has 0 saturated carbocycles. The van der Waals surface area contributed by atoms with Crippen molar-refractivity contribution in [1.82, 2.24) is 5.32 Å². The standard InChI is InChI=1S/C20H25NO4S/c1-20(2,3)25-19(24)21-16(9-11-18(22)23)13-26-17-10-8-14-6-4-5-7-15(14)12-17/h4-8,10,12,16H,9,11,13H2,1-3H3,(H,21,24)(H,22,23)/t16-/m0/s1. The number of nitrogens with one attached hydrogen (secondary N) is 1. The van der Waals surface area contributed by atoms with Gasteiger partial charge < -0.3 is 15.2 Å². The van der Waals surface area contributed by atoms with Crippen molar-refractivity contribution in [2.75, 3.05) is 5.75 Å². The lowest BCUT2D eigenvalue weighted by molar-refractivity contribution is -0.137. The number of carbonyl (C=O) groups is 2. The van der Waals surface area contributed by atoms with Gasteiger partial charge in [-0.2, -0.15) is 0 Å². The molecule has 2 rings (SSSR count). The van der Waals surface area contributed by atoms with Gasteiger partial charge in [-0.15, -0.1) is 11.8 Å². The second-order valence-corrected chi connectivity index (χ2v) is 8.19. The molecule has 1 amide bonds. The number of benzene rings is 2. The van der Waals surface area contributed by atoms with Crippen molar-refractivity contribution in [3.63, 3.8) is 0 Å². The van der Waals surface area contributed by atoms with Gasteiger partial charge in [0.1, 0.15) is 5.60 Å². The largest absolute Gasteiger partial charge is 0.481 e. The van der Waals surface area contributed by atoms with Crippen LogP contribution in [0.2, 0.25) is 0 Å². The number of carboxylic acid groups (broad SMARTS) is 1. The van der Waals surface area contributed by atoms with Crippen LogP contribution < -0.4 is 5.32 Å². The van der Waals surface area contributed by atoms with Crippen LogP contribution in [-0.4, -0.2) is 34.6 Å². The van der Waals surface area contributed by atoms with Crippen LogP contribution in [0, 0.1) is 0 Å². The third kappa shape index (κ3) is 6.96. The highest BCUT2D eigenvalue weighted by atomic mass is 32.2. The maximum atomic E-state index is 12.0. The Morgan fingerprint density at radius 3 is 2.50 bits per heavy atom. The third-order valence-electron chi connectivity index (χ3n) is 3.60. The molecule has 0 aromatic heterocycles. The Morgan fingerprint density at radius 1 is 1.15 bits per heavy atom. The Morgan fingerprint density at radius 2 is 1.85 bits per heavy atom. The van der Waals surface area contributed by atoms with Gasteiger partial charge >= 0.3 is 12.1 Å². The van der Waals surface area contributed by atoms with E-state index in [1.54, 1.807) is 32.5 Å². The van der Waals surface area contributed by atoms with Crippen LogP contribution >= 0.6 is 11.8 Å². The number of thioether (sulfide) groups is 1. The number of hydrogen-bond donors (Lipinski definition) is 2. The molecule has 0 spiro atoms. The SMILES string of the molecule is CC(C)(C)OC(=O)N[C@@H](CCC(=O)O)CSc1ccc2ccccc2c1. The van der Waals surface area contributed by atoms with E-state index < -0.39 is 17.7 Å². The quantitative estimate of drug-likeness (QED) is 0.687. The van der Waals surface area contributed by atoms with Crippen molar-refractivity contribution in [3.05, 3.63) is 42.5 Å². The highest BCUT2D eigenvalue weighted by Crippen LogP contribution is 2.25. The summed E-state index contributed by atoms with van der Waals surface area (Å²) < 4.78 is 5.28. The number of aliphatic carboxylic acids is 1. The molecule has 2 N–H and O–H groups in total. The molecule has 2 aromatic carbocycles. The minimum absolute atomic E-state index is 0.00125. The molecule has 0 unspecified atom stereocenters. The van der Waals surface area contributed by atoms with Crippen molar-refractivity contribution in [2.45, 2.75) is 50.2 Å². The Labute approximate surface area is 158 Å². The fourth-order valence-electron chi connectivity index (χ4n) is 2.42. The molecule has 5 nitrogen and oxygen atoms in total. The summed E-state index contributed by atoms with van der Waals surface area (Å²) >= 11 is 1.59. The molecule has 0 aliphatic carbocycles. The summed E-state index contributed by atoms with van der Waals surface area (Å²) in [6.45, 7) is 5.38. The lowest BCUT2D eigenvalue weighted by atomic mass is 10.1. The van der Waals surface area contributed by atoms with Crippen LogP contribution in [0.15, 0.2) is 47.4 Å². The van der Waals surface area contributed by atoms with E-state index in [9.17, 15) is 9.59 Å². The van der Waals surface area contributed by atoms with Crippen molar-refractivity contribution in [2.24, 2.45) is 0 Å². The molecule has 0 fully saturated rings. The predicted molar refractivity (Wildman–Crippen MR) is 105 cm³/mol. The van der Waals surface area contributed by atoms with Gasteiger partial charge in [0, 0.05) is 23.1 Å². The van der Waals surface area contributed by atoms with Gasteiger partial charge in [-0.3, -0.25) is 4.79 Å². The molecular formula is C20H25NO4S. The van der Waals surface area contributed by atoms with E-state index in [0.29, 0.717) is 12.2 Å². The van der Waals surface area contributed by atoms with E-state index in [2.05, 4.69) is 29.6 Å². The maximum absolute atomic E-state index is 12.0. The van der Waals surface area contributed by atoms with E-state index in [0.717, 1.165) is 10.3 Å². The summed E-state index contributed by atoms with van der Waals surface area (Å²) in [5.74, 6) is -0.304. The normalized spacial score (nSPS) is 12.6. The molecule has 0 heterocycles. The van der Waals surface area contributed by atoms with Gasteiger partial charge in [0.15, 0.2) is 0 Å². The number of amides is 1. The van der Waals surface area contributed by atoms with Gasteiger partial charge in [-0.05, 0) is 50.1 Å². The lowest BCUT2D eigenvalue weighted by Gasteiger charge is -2.23. The van der Waals surface area contributed by atoms with Crippen molar-refractivity contribution < 1.29 is 19.4 Å². The summed E-state index contributed by atoms with van der Waals surface area (Å²) in [7, 11) is 0. The fraction of sp³-hybridized carbons (Fsp3) is 0.400. The molecule has 0 radical (unpaired) electrons. The minimum Gasteiger partial charge on any atom is -0.481 e. The predicted octanol–water partition coefficient (Wildman–Crippen LogP) is 4.69. The summed E-state index contributed by atoms with van der Waals surface area (Å²) in [6, 6.07) is 14.0. The van der Waals surface area contributed by atoms with E-state index in [1.807, 2.05) is 18.2 Å². The average Bonchev–Trinajstić information content (AvgIpc) is 2.55.